The van der Waals surface area contributed by atoms with Crippen LogP contribution in [0.4, 0.5) is 61.5 Å². The first-order valence-electron chi connectivity index (χ1n) is 5.02. The zero-order valence-electron chi connectivity index (χ0n) is 10.6. The van der Waals surface area contributed by atoms with Crippen LogP contribution in [0.15, 0.2) is 4.99 Å². The van der Waals surface area contributed by atoms with Crippen molar-refractivity contribution in [1.29, 1.82) is 0 Å². The predicted octanol–water partition coefficient (Wildman–Crippen LogP) is 3.68. The lowest BCUT2D eigenvalue weighted by molar-refractivity contribution is -0.447. The first-order chi connectivity index (χ1) is 10.6. The Morgan fingerprint density at radius 1 is 0.560 bits per heavy atom. The zero-order chi connectivity index (χ0) is 20.9. The van der Waals surface area contributed by atoms with Gasteiger partial charge in [-0.15, -0.1) is 0 Å². The van der Waals surface area contributed by atoms with Crippen molar-refractivity contribution < 1.29 is 71.4 Å². The summed E-state index contributed by atoms with van der Waals surface area (Å²) in [5.74, 6) is -31.4. The summed E-state index contributed by atoms with van der Waals surface area (Å²) >= 11 is 0. The molecule has 1 N–H and O–H groups in total. The summed E-state index contributed by atoms with van der Waals surface area (Å²) in [5, 5.41) is 8.58. The Kier molecular flexibility index (Phi) is 5.31. The number of halogens is 14. The fourth-order valence-corrected chi connectivity index (χ4v) is 1.20. The van der Waals surface area contributed by atoms with Crippen LogP contribution in [0.3, 0.4) is 0 Å². The molecule has 0 aromatic carbocycles. The Hall–Kier alpha value is -1.64. The molecule has 148 valence electrons. The summed E-state index contributed by atoms with van der Waals surface area (Å²) in [4.78, 5) is 10.3. The number of alkyl halides is 14. The van der Waals surface area contributed by atoms with Crippen LogP contribution < -0.4 is 0 Å². The standard InChI is InChI=1S/C8HF14NO2/c9-2(10,4(13,14)7(17,18)19)6(25,23-1-24)3(11,12)5(15,16)8(20,21)22/h25H. The van der Waals surface area contributed by atoms with E-state index in [-0.39, 0.29) is 0 Å². The smallest absolute Gasteiger partial charge is 0.359 e. The minimum absolute atomic E-state index is 0.649. The summed E-state index contributed by atoms with van der Waals surface area (Å²) in [5.41, 5.74) is -7.18. The summed E-state index contributed by atoms with van der Waals surface area (Å²) in [6.07, 6.45) is -15.7. The molecular formula is C8HF14NO2. The topological polar surface area (TPSA) is 49.7 Å². The lowest BCUT2D eigenvalue weighted by atomic mass is 9.88. The van der Waals surface area contributed by atoms with Gasteiger partial charge in [0.1, 0.15) is 0 Å². The fraction of sp³-hybridized carbons (Fsp3) is 0.875. The molecule has 0 aliphatic heterocycles. The van der Waals surface area contributed by atoms with Gasteiger partial charge in [0.2, 0.25) is 6.08 Å². The molecule has 0 aromatic heterocycles. The molecule has 0 aromatic rings. The molecule has 0 atom stereocenters. The van der Waals surface area contributed by atoms with Crippen molar-refractivity contribution in [2.75, 3.05) is 0 Å². The van der Waals surface area contributed by atoms with Gasteiger partial charge < -0.3 is 5.11 Å². The van der Waals surface area contributed by atoms with E-state index in [1.54, 1.807) is 0 Å². The van der Waals surface area contributed by atoms with E-state index in [0.717, 1.165) is 0 Å². The van der Waals surface area contributed by atoms with Crippen LogP contribution in [-0.4, -0.2) is 53.0 Å². The minimum atomic E-state index is -7.87. The molecule has 0 aliphatic carbocycles. The van der Waals surface area contributed by atoms with Gasteiger partial charge in [0.25, 0.3) is 0 Å². The quantitative estimate of drug-likeness (QED) is 0.428. The van der Waals surface area contributed by atoms with E-state index >= 15 is 0 Å². The average Bonchev–Trinajstić information content (AvgIpc) is 2.35. The third kappa shape index (κ3) is 2.92. The number of nitrogens with zero attached hydrogens (tertiary/aromatic N) is 1. The van der Waals surface area contributed by atoms with Gasteiger partial charge >= 0.3 is 41.8 Å². The summed E-state index contributed by atoms with van der Waals surface area (Å²) in [6.45, 7) is 0. The van der Waals surface area contributed by atoms with Gasteiger partial charge in [0.05, 0.1) is 0 Å². The minimum Gasteiger partial charge on any atom is -0.359 e. The maximum Gasteiger partial charge on any atom is 0.460 e. The highest BCUT2D eigenvalue weighted by molar-refractivity contribution is 5.36. The molecule has 0 radical (unpaired) electrons. The predicted molar refractivity (Wildman–Crippen MR) is 45.0 cm³/mol. The molecule has 0 fully saturated rings. The molecule has 0 saturated carbocycles. The average molecular weight is 409 g/mol. The molecule has 0 heterocycles. The first kappa shape index (κ1) is 23.4. The number of carbonyl (C=O) groups excluding carboxylic acids is 1. The molecule has 3 nitrogen and oxygen atoms in total. The van der Waals surface area contributed by atoms with Crippen LogP contribution >= 0.6 is 0 Å². The van der Waals surface area contributed by atoms with Crippen molar-refractivity contribution in [2.45, 2.75) is 41.8 Å². The van der Waals surface area contributed by atoms with E-state index in [1.807, 2.05) is 0 Å². The molecule has 0 unspecified atom stereocenters. The third-order valence-electron chi connectivity index (χ3n) is 2.58. The molecule has 0 spiro atoms. The van der Waals surface area contributed by atoms with Crippen LogP contribution in [-0.2, 0) is 4.79 Å². The van der Waals surface area contributed by atoms with E-state index in [2.05, 4.69) is 0 Å². The molecule has 0 rings (SSSR count). The first-order valence-corrected chi connectivity index (χ1v) is 5.02. The Bertz CT molecular complexity index is 516. The van der Waals surface area contributed by atoms with E-state index in [9.17, 15) is 66.3 Å². The van der Waals surface area contributed by atoms with Crippen molar-refractivity contribution in [3.63, 3.8) is 0 Å². The van der Waals surface area contributed by atoms with Gasteiger partial charge in [-0.3, -0.25) is 0 Å². The van der Waals surface area contributed by atoms with Gasteiger partial charge in [0, 0.05) is 0 Å². The molecular weight excluding hydrogens is 408 g/mol. The van der Waals surface area contributed by atoms with E-state index in [0.29, 0.717) is 4.99 Å². The van der Waals surface area contributed by atoms with Crippen molar-refractivity contribution in [2.24, 2.45) is 4.99 Å². The fourth-order valence-electron chi connectivity index (χ4n) is 1.20. The van der Waals surface area contributed by atoms with Crippen LogP contribution in [0.25, 0.3) is 0 Å². The molecule has 0 aliphatic rings. The van der Waals surface area contributed by atoms with Crippen LogP contribution in [0.5, 0.6) is 0 Å². The SMILES string of the molecule is O=C=NC(O)(C(F)(F)C(F)(F)C(F)(F)F)C(F)(F)C(F)(F)C(F)(F)F. The Morgan fingerprint density at radius 2 is 0.800 bits per heavy atom. The normalized spacial score (nSPS) is 15.8. The molecule has 17 heteroatoms. The van der Waals surface area contributed by atoms with Gasteiger partial charge in [-0.1, -0.05) is 0 Å². The van der Waals surface area contributed by atoms with Gasteiger partial charge in [-0.05, 0) is 0 Å². The molecule has 25 heavy (non-hydrogen) atoms. The lowest BCUT2D eigenvalue weighted by Gasteiger charge is -2.42. The Balaban J connectivity index is 6.88. The molecule has 0 saturated heterocycles. The van der Waals surface area contributed by atoms with Crippen molar-refractivity contribution in [1.82, 2.24) is 0 Å². The highest BCUT2D eigenvalue weighted by Gasteiger charge is 2.92. The number of hydrogen-bond acceptors (Lipinski definition) is 3. The molecule has 0 amide bonds. The number of isocyanates is 1. The highest BCUT2D eigenvalue weighted by atomic mass is 19.4. The van der Waals surface area contributed by atoms with Crippen molar-refractivity contribution >= 4 is 6.08 Å². The number of aliphatic imine (C=N–C) groups is 1. The van der Waals surface area contributed by atoms with Gasteiger partial charge in [-0.25, -0.2) is 4.79 Å². The van der Waals surface area contributed by atoms with Crippen molar-refractivity contribution in [3.05, 3.63) is 0 Å². The Labute approximate surface area is 125 Å². The van der Waals surface area contributed by atoms with Gasteiger partial charge in [0.15, 0.2) is 0 Å². The summed E-state index contributed by atoms with van der Waals surface area (Å²) in [7, 11) is 0. The van der Waals surface area contributed by atoms with Crippen molar-refractivity contribution in [3.8, 4) is 0 Å². The van der Waals surface area contributed by atoms with Gasteiger partial charge in [-0.2, -0.15) is 66.5 Å². The summed E-state index contributed by atoms with van der Waals surface area (Å²) in [6, 6.07) is 0. The van der Waals surface area contributed by atoms with Crippen LogP contribution in [0, 0.1) is 0 Å². The Morgan fingerprint density at radius 3 is 0.960 bits per heavy atom. The number of aliphatic hydroxyl groups is 1. The number of rotatable bonds is 5. The third-order valence-corrected chi connectivity index (χ3v) is 2.58. The highest BCUT2D eigenvalue weighted by Crippen LogP contribution is 2.60. The van der Waals surface area contributed by atoms with E-state index in [4.69, 9.17) is 5.11 Å². The maximum atomic E-state index is 13.2. The molecule has 0 bridgehead atoms. The maximum absolute atomic E-state index is 13.2. The second-order valence-electron chi connectivity index (χ2n) is 4.17. The van der Waals surface area contributed by atoms with Crippen LogP contribution in [0.2, 0.25) is 0 Å². The summed E-state index contributed by atoms with van der Waals surface area (Å²) < 4.78 is 175. The second-order valence-corrected chi connectivity index (χ2v) is 4.17. The van der Waals surface area contributed by atoms with E-state index < -0.39 is 47.8 Å². The number of hydrogen-bond donors (Lipinski definition) is 1. The zero-order valence-corrected chi connectivity index (χ0v) is 10.6. The largest absolute Gasteiger partial charge is 0.460 e. The second kappa shape index (κ2) is 5.69. The lowest BCUT2D eigenvalue weighted by Crippen LogP contribution is -2.75. The monoisotopic (exact) mass is 409 g/mol. The van der Waals surface area contributed by atoms with Crippen LogP contribution in [0.1, 0.15) is 0 Å². The van der Waals surface area contributed by atoms with E-state index in [1.165, 1.54) is 0 Å².